The Hall–Kier alpha value is -2.74. The van der Waals surface area contributed by atoms with E-state index in [0.29, 0.717) is 19.3 Å². The van der Waals surface area contributed by atoms with Crippen LogP contribution >= 0.6 is 11.3 Å². The molecule has 6 nitrogen and oxygen atoms in total. The molecule has 7 heteroatoms. The van der Waals surface area contributed by atoms with Gasteiger partial charge in [-0.2, -0.15) is 0 Å². The number of aromatic nitrogens is 1. The van der Waals surface area contributed by atoms with Gasteiger partial charge in [-0.1, -0.05) is 60.7 Å². The van der Waals surface area contributed by atoms with E-state index in [2.05, 4.69) is 10.3 Å². The first kappa shape index (κ1) is 22.0. The molecule has 0 bridgehead atoms. The minimum absolute atomic E-state index is 0.151. The Balaban J connectivity index is 1.59. The fourth-order valence-corrected chi connectivity index (χ4v) is 3.77. The monoisotopic (exact) mass is 425 g/mol. The Labute approximate surface area is 180 Å². The smallest absolute Gasteiger partial charge is 0.407 e. The van der Waals surface area contributed by atoms with Crippen LogP contribution in [0.25, 0.3) is 0 Å². The van der Waals surface area contributed by atoms with E-state index in [4.69, 9.17) is 10.5 Å². The van der Waals surface area contributed by atoms with Crippen LogP contribution < -0.4 is 11.1 Å². The number of ether oxygens (including phenoxy) is 1. The van der Waals surface area contributed by atoms with Crippen molar-refractivity contribution in [3.8, 4) is 0 Å². The predicted octanol–water partition coefficient (Wildman–Crippen LogP) is 3.30. The average Bonchev–Trinajstić information content (AvgIpc) is 3.27. The number of amides is 1. The van der Waals surface area contributed by atoms with E-state index in [1.807, 2.05) is 60.7 Å². The van der Waals surface area contributed by atoms with Crippen LogP contribution in [-0.2, 0) is 24.2 Å². The molecule has 0 aliphatic carbocycles. The van der Waals surface area contributed by atoms with Crippen molar-refractivity contribution in [3.05, 3.63) is 88.4 Å². The maximum absolute atomic E-state index is 12.3. The number of aliphatic hydroxyl groups is 1. The Morgan fingerprint density at radius 2 is 1.70 bits per heavy atom. The highest BCUT2D eigenvalue weighted by molar-refractivity contribution is 7.09. The highest BCUT2D eigenvalue weighted by Gasteiger charge is 2.24. The lowest BCUT2D eigenvalue weighted by atomic mass is 9.94. The van der Waals surface area contributed by atoms with E-state index >= 15 is 0 Å². The summed E-state index contributed by atoms with van der Waals surface area (Å²) in [5, 5.41) is 13.7. The summed E-state index contributed by atoms with van der Waals surface area (Å²) in [4.78, 5) is 17.2. The summed E-state index contributed by atoms with van der Waals surface area (Å²) in [6.45, 7) is 0.151. The second-order valence-electron chi connectivity index (χ2n) is 7.24. The highest BCUT2D eigenvalue weighted by atomic mass is 32.1. The van der Waals surface area contributed by atoms with Crippen molar-refractivity contribution < 1.29 is 14.6 Å². The molecule has 3 aromatic rings. The van der Waals surface area contributed by atoms with Gasteiger partial charge in [-0.05, 0) is 30.4 Å². The predicted molar refractivity (Wildman–Crippen MR) is 118 cm³/mol. The summed E-state index contributed by atoms with van der Waals surface area (Å²) in [5.41, 5.74) is 10.1. The maximum atomic E-state index is 12.3. The molecule has 3 rings (SSSR count). The Morgan fingerprint density at radius 3 is 2.30 bits per heavy atom. The molecule has 4 N–H and O–H groups in total. The summed E-state index contributed by atoms with van der Waals surface area (Å²) < 4.78 is 5.28. The Kier molecular flexibility index (Phi) is 8.38. The van der Waals surface area contributed by atoms with Crippen molar-refractivity contribution >= 4 is 17.4 Å². The fraction of sp³-hybridized carbons (Fsp3) is 0.304. The number of carbonyl (C=O) groups is 1. The lowest BCUT2D eigenvalue weighted by Gasteiger charge is -2.26. The van der Waals surface area contributed by atoms with Gasteiger partial charge in [0.25, 0.3) is 0 Å². The van der Waals surface area contributed by atoms with E-state index < -0.39 is 18.2 Å². The number of aliphatic hydroxyl groups excluding tert-OH is 1. The van der Waals surface area contributed by atoms with Crippen LogP contribution in [0.5, 0.6) is 0 Å². The van der Waals surface area contributed by atoms with Crippen molar-refractivity contribution in [2.24, 2.45) is 5.73 Å². The van der Waals surface area contributed by atoms with Gasteiger partial charge in [-0.3, -0.25) is 4.98 Å². The van der Waals surface area contributed by atoms with Crippen molar-refractivity contribution in [2.75, 3.05) is 0 Å². The van der Waals surface area contributed by atoms with Crippen LogP contribution in [0.4, 0.5) is 4.79 Å². The quantitative estimate of drug-likeness (QED) is 0.463. The van der Waals surface area contributed by atoms with E-state index in [1.54, 1.807) is 11.7 Å². The van der Waals surface area contributed by atoms with Gasteiger partial charge in [0.1, 0.15) is 6.61 Å². The van der Waals surface area contributed by atoms with E-state index in [1.165, 1.54) is 11.3 Å². The van der Waals surface area contributed by atoms with Crippen molar-refractivity contribution in [2.45, 2.75) is 44.1 Å². The van der Waals surface area contributed by atoms with Gasteiger partial charge in [0.2, 0.25) is 0 Å². The number of thiazole rings is 1. The third kappa shape index (κ3) is 7.26. The first-order valence-corrected chi connectivity index (χ1v) is 10.8. The van der Waals surface area contributed by atoms with Crippen molar-refractivity contribution in [3.63, 3.8) is 0 Å². The van der Waals surface area contributed by atoms with Gasteiger partial charge in [0.15, 0.2) is 0 Å². The van der Waals surface area contributed by atoms with Crippen LogP contribution in [0.2, 0.25) is 0 Å². The number of hydrogen-bond acceptors (Lipinski definition) is 6. The van der Waals surface area contributed by atoms with E-state index in [9.17, 15) is 9.90 Å². The van der Waals surface area contributed by atoms with Gasteiger partial charge in [-0.15, -0.1) is 11.3 Å². The molecular weight excluding hydrogens is 398 g/mol. The van der Waals surface area contributed by atoms with Gasteiger partial charge in [0.05, 0.1) is 22.5 Å². The number of nitrogens with zero attached hydrogens (tertiary/aromatic N) is 1. The number of hydrogen-bond donors (Lipinski definition) is 3. The molecule has 1 amide bonds. The van der Waals surface area contributed by atoms with Crippen molar-refractivity contribution in [1.29, 1.82) is 0 Å². The third-order valence-corrected chi connectivity index (χ3v) is 5.53. The molecule has 0 fully saturated rings. The fourth-order valence-electron chi connectivity index (χ4n) is 3.27. The zero-order chi connectivity index (χ0) is 21.2. The number of rotatable bonds is 10. The largest absolute Gasteiger partial charge is 0.444 e. The van der Waals surface area contributed by atoms with Crippen LogP contribution in [0.3, 0.4) is 0 Å². The van der Waals surface area contributed by atoms with E-state index in [0.717, 1.165) is 16.0 Å². The molecule has 0 saturated heterocycles. The molecule has 3 atom stereocenters. The summed E-state index contributed by atoms with van der Waals surface area (Å²) in [7, 11) is 0. The summed E-state index contributed by atoms with van der Waals surface area (Å²) >= 11 is 1.42. The minimum atomic E-state index is -0.806. The second kappa shape index (κ2) is 11.4. The zero-order valence-corrected chi connectivity index (χ0v) is 17.5. The molecule has 0 spiro atoms. The molecule has 0 unspecified atom stereocenters. The minimum Gasteiger partial charge on any atom is -0.444 e. The number of alkyl carbamates (subject to hydrolysis) is 1. The van der Waals surface area contributed by atoms with E-state index in [-0.39, 0.29) is 12.6 Å². The second-order valence-corrected chi connectivity index (χ2v) is 8.21. The summed E-state index contributed by atoms with van der Waals surface area (Å²) in [6, 6.07) is 18.9. The number of benzene rings is 2. The first-order chi connectivity index (χ1) is 14.6. The third-order valence-electron chi connectivity index (χ3n) is 4.78. The molecule has 0 aliphatic heterocycles. The summed E-state index contributed by atoms with van der Waals surface area (Å²) in [5.74, 6) is 0. The van der Waals surface area contributed by atoms with Gasteiger partial charge >= 0.3 is 6.09 Å². The summed E-state index contributed by atoms with van der Waals surface area (Å²) in [6.07, 6.45) is 1.79. The first-order valence-electron chi connectivity index (χ1n) is 9.92. The molecule has 30 heavy (non-hydrogen) atoms. The van der Waals surface area contributed by atoms with Crippen LogP contribution in [0.15, 0.2) is 72.4 Å². The molecule has 0 radical (unpaired) electrons. The molecule has 1 heterocycles. The standard InChI is InChI=1S/C23H27N3O3S/c24-19(11-17-7-3-1-4-8-17)13-22(27)21(12-18-9-5-2-6-10-18)26-23(28)29-15-20-14-25-16-30-20/h1-10,14,16,19,21-22,27H,11-13,15,24H2,(H,26,28)/t19-,21+,22-/m1/s1. The maximum Gasteiger partial charge on any atom is 0.407 e. The van der Waals surface area contributed by atoms with Gasteiger partial charge in [-0.25, -0.2) is 4.79 Å². The number of nitrogens with one attached hydrogen (secondary N) is 1. The molecular formula is C23H27N3O3S. The van der Waals surface area contributed by atoms with Gasteiger partial charge < -0.3 is 20.9 Å². The Morgan fingerprint density at radius 1 is 1.07 bits per heavy atom. The molecule has 0 saturated carbocycles. The topological polar surface area (TPSA) is 97.5 Å². The number of nitrogens with two attached hydrogens (primary N) is 1. The molecule has 0 aliphatic rings. The SMILES string of the molecule is N[C@H](Cc1ccccc1)C[C@@H](O)[C@H](Cc1ccccc1)NC(=O)OCc1cncs1. The Bertz CT molecular complexity index is 875. The molecule has 1 aromatic heterocycles. The molecule has 158 valence electrons. The highest BCUT2D eigenvalue weighted by Crippen LogP contribution is 2.13. The van der Waals surface area contributed by atoms with Gasteiger partial charge in [0, 0.05) is 12.2 Å². The zero-order valence-electron chi connectivity index (χ0n) is 16.7. The average molecular weight is 426 g/mol. The number of carbonyl (C=O) groups excluding carboxylic acids is 1. The van der Waals surface area contributed by atoms with Crippen LogP contribution in [0.1, 0.15) is 22.4 Å². The lowest BCUT2D eigenvalue weighted by Crippen LogP contribution is -2.47. The van der Waals surface area contributed by atoms with Crippen molar-refractivity contribution in [1.82, 2.24) is 10.3 Å². The molecule has 2 aromatic carbocycles. The van der Waals surface area contributed by atoms with Crippen LogP contribution in [-0.4, -0.2) is 34.4 Å². The lowest BCUT2D eigenvalue weighted by molar-refractivity contribution is 0.0925. The normalized spacial score (nSPS) is 13.9. The van der Waals surface area contributed by atoms with Crippen LogP contribution in [0, 0.1) is 0 Å².